The first-order valence-corrected chi connectivity index (χ1v) is 7.98. The topological polar surface area (TPSA) is 38.5 Å². The number of hydrogen-bond donors (Lipinski definition) is 1. The molecule has 3 rings (SSSR count). The van der Waals surface area contributed by atoms with Crippen molar-refractivity contribution in [3.05, 3.63) is 29.8 Å². The summed E-state index contributed by atoms with van der Waals surface area (Å²) in [5, 5.41) is 0. The lowest BCUT2D eigenvalue weighted by Crippen LogP contribution is -2.43. The van der Waals surface area contributed by atoms with Crippen molar-refractivity contribution in [2.75, 3.05) is 19.6 Å². The molecule has 0 aliphatic carbocycles. The van der Waals surface area contributed by atoms with Gasteiger partial charge in [-0.25, -0.2) is 0 Å². The highest BCUT2D eigenvalue weighted by Crippen LogP contribution is 2.43. The van der Waals surface area contributed by atoms with Crippen molar-refractivity contribution in [1.29, 1.82) is 0 Å². The quantitative estimate of drug-likeness (QED) is 0.900. The number of rotatable bonds is 2. The van der Waals surface area contributed by atoms with E-state index in [2.05, 4.69) is 30.0 Å². The number of nitrogens with zero attached hydrogens (tertiary/aromatic N) is 1. The molecule has 20 heavy (non-hydrogen) atoms. The average Bonchev–Trinajstić information content (AvgIpc) is 2.63. The summed E-state index contributed by atoms with van der Waals surface area (Å²) < 4.78 is 6.43. The molecular weight excluding hydrogens is 248 g/mol. The molecule has 2 atom stereocenters. The van der Waals surface area contributed by atoms with Gasteiger partial charge in [-0.3, -0.25) is 0 Å². The van der Waals surface area contributed by atoms with Gasteiger partial charge in [0.2, 0.25) is 0 Å². The Morgan fingerprint density at radius 2 is 2.15 bits per heavy atom. The first-order chi connectivity index (χ1) is 9.72. The Kier molecular flexibility index (Phi) is 3.99. The Balaban J connectivity index is 1.77. The standard InChI is InChI=1S/C17H26N2O/c1-2-10-19-11-5-8-17(9-12-19)13-15(18)14-6-3-4-7-16(14)20-17/h3-4,6-7,15H,2,5,8-13,18H2,1H3/t15-,17?/m1/s1. The van der Waals surface area contributed by atoms with Gasteiger partial charge in [0.25, 0.3) is 0 Å². The van der Waals surface area contributed by atoms with Crippen molar-refractivity contribution >= 4 is 0 Å². The molecule has 1 aromatic carbocycles. The van der Waals surface area contributed by atoms with Crippen molar-refractivity contribution < 1.29 is 4.74 Å². The summed E-state index contributed by atoms with van der Waals surface area (Å²) >= 11 is 0. The van der Waals surface area contributed by atoms with E-state index < -0.39 is 0 Å². The van der Waals surface area contributed by atoms with Gasteiger partial charge >= 0.3 is 0 Å². The van der Waals surface area contributed by atoms with Crippen LogP contribution < -0.4 is 10.5 Å². The van der Waals surface area contributed by atoms with Crippen molar-refractivity contribution in [3.63, 3.8) is 0 Å². The maximum absolute atomic E-state index is 6.43. The summed E-state index contributed by atoms with van der Waals surface area (Å²) in [5.74, 6) is 1.01. The second kappa shape index (κ2) is 5.74. The molecule has 3 heteroatoms. The molecule has 1 saturated heterocycles. The molecule has 2 heterocycles. The third kappa shape index (κ3) is 2.70. The molecule has 0 radical (unpaired) electrons. The Morgan fingerprint density at radius 3 is 3.00 bits per heavy atom. The molecule has 0 aromatic heterocycles. The summed E-state index contributed by atoms with van der Waals surface area (Å²) in [6, 6.07) is 8.40. The minimum atomic E-state index is -0.0315. The highest BCUT2D eigenvalue weighted by atomic mass is 16.5. The minimum absolute atomic E-state index is 0.0315. The van der Waals surface area contributed by atoms with Crippen LogP contribution >= 0.6 is 0 Å². The predicted molar refractivity (Wildman–Crippen MR) is 81.9 cm³/mol. The van der Waals surface area contributed by atoms with Crippen molar-refractivity contribution in [2.24, 2.45) is 5.73 Å². The molecule has 1 spiro atoms. The van der Waals surface area contributed by atoms with Crippen molar-refractivity contribution in [3.8, 4) is 5.75 Å². The largest absolute Gasteiger partial charge is 0.487 e. The monoisotopic (exact) mass is 274 g/mol. The molecule has 2 aliphatic rings. The molecule has 0 saturated carbocycles. The van der Waals surface area contributed by atoms with Crippen LogP contribution in [0.25, 0.3) is 0 Å². The number of nitrogens with two attached hydrogens (primary N) is 1. The van der Waals surface area contributed by atoms with Gasteiger partial charge in [-0.15, -0.1) is 0 Å². The molecule has 2 aliphatic heterocycles. The van der Waals surface area contributed by atoms with Crippen LogP contribution in [-0.4, -0.2) is 30.1 Å². The van der Waals surface area contributed by atoms with Gasteiger partial charge in [0.1, 0.15) is 11.4 Å². The van der Waals surface area contributed by atoms with E-state index in [0.29, 0.717) is 0 Å². The lowest BCUT2D eigenvalue weighted by molar-refractivity contribution is 0.0218. The van der Waals surface area contributed by atoms with Crippen LogP contribution in [0.1, 0.15) is 50.6 Å². The summed E-state index contributed by atoms with van der Waals surface area (Å²) in [7, 11) is 0. The number of likely N-dealkylation sites (tertiary alicyclic amines) is 1. The van der Waals surface area contributed by atoms with E-state index in [0.717, 1.165) is 31.6 Å². The Bertz CT molecular complexity index is 462. The van der Waals surface area contributed by atoms with Crippen LogP contribution in [-0.2, 0) is 0 Å². The fourth-order valence-electron chi connectivity index (χ4n) is 3.73. The molecule has 2 N–H and O–H groups in total. The first kappa shape index (κ1) is 13.9. The summed E-state index contributed by atoms with van der Waals surface area (Å²) in [5.41, 5.74) is 7.55. The Labute approximate surface area is 122 Å². The zero-order chi connectivity index (χ0) is 14.0. The molecular formula is C17H26N2O. The smallest absolute Gasteiger partial charge is 0.124 e. The summed E-state index contributed by atoms with van der Waals surface area (Å²) in [6.07, 6.45) is 5.65. The van der Waals surface area contributed by atoms with E-state index in [1.165, 1.54) is 31.5 Å². The predicted octanol–water partition coefficient (Wildman–Crippen LogP) is 3.10. The summed E-state index contributed by atoms with van der Waals surface area (Å²) in [6.45, 7) is 5.81. The zero-order valence-corrected chi connectivity index (χ0v) is 12.5. The van der Waals surface area contributed by atoms with Crippen molar-refractivity contribution in [1.82, 2.24) is 4.90 Å². The van der Waals surface area contributed by atoms with Gasteiger partial charge < -0.3 is 15.4 Å². The average molecular weight is 274 g/mol. The van der Waals surface area contributed by atoms with Gasteiger partial charge in [-0.1, -0.05) is 25.1 Å². The van der Waals surface area contributed by atoms with Gasteiger partial charge in [0.15, 0.2) is 0 Å². The second-order valence-electron chi connectivity index (χ2n) is 6.33. The number of hydrogen-bond acceptors (Lipinski definition) is 3. The zero-order valence-electron chi connectivity index (χ0n) is 12.5. The van der Waals surface area contributed by atoms with E-state index in [1.807, 2.05) is 6.07 Å². The van der Waals surface area contributed by atoms with E-state index in [9.17, 15) is 0 Å². The van der Waals surface area contributed by atoms with E-state index in [1.54, 1.807) is 0 Å². The third-order valence-corrected chi connectivity index (χ3v) is 4.77. The maximum Gasteiger partial charge on any atom is 0.124 e. The van der Waals surface area contributed by atoms with E-state index >= 15 is 0 Å². The number of para-hydroxylation sites is 1. The van der Waals surface area contributed by atoms with Crippen LogP contribution in [0.2, 0.25) is 0 Å². The van der Waals surface area contributed by atoms with E-state index in [4.69, 9.17) is 10.5 Å². The maximum atomic E-state index is 6.43. The molecule has 1 aromatic rings. The first-order valence-electron chi connectivity index (χ1n) is 7.98. The van der Waals surface area contributed by atoms with Gasteiger partial charge in [-0.2, -0.15) is 0 Å². The number of ether oxygens (including phenoxy) is 1. The normalized spacial score (nSPS) is 30.6. The molecule has 3 nitrogen and oxygen atoms in total. The van der Waals surface area contributed by atoms with Crippen LogP contribution in [0.5, 0.6) is 5.75 Å². The highest BCUT2D eigenvalue weighted by molar-refractivity contribution is 5.38. The van der Waals surface area contributed by atoms with Gasteiger partial charge in [0, 0.05) is 24.6 Å². The number of benzene rings is 1. The SMILES string of the molecule is CCCN1CCCC2(CC1)C[C@@H](N)c1ccccc1O2. The van der Waals surface area contributed by atoms with Crippen LogP contribution in [0.15, 0.2) is 24.3 Å². The number of fused-ring (bicyclic) bond motifs is 1. The molecule has 0 amide bonds. The summed E-state index contributed by atoms with van der Waals surface area (Å²) in [4.78, 5) is 2.57. The van der Waals surface area contributed by atoms with Gasteiger partial charge in [-0.05, 0) is 44.8 Å². The molecule has 1 fully saturated rings. The van der Waals surface area contributed by atoms with Gasteiger partial charge in [0.05, 0.1) is 0 Å². The fraction of sp³-hybridized carbons (Fsp3) is 0.647. The Hall–Kier alpha value is -1.06. The third-order valence-electron chi connectivity index (χ3n) is 4.77. The van der Waals surface area contributed by atoms with E-state index in [-0.39, 0.29) is 11.6 Å². The minimum Gasteiger partial charge on any atom is -0.487 e. The van der Waals surface area contributed by atoms with Crippen molar-refractivity contribution in [2.45, 2.75) is 50.7 Å². The lowest BCUT2D eigenvalue weighted by Gasteiger charge is -2.41. The fourth-order valence-corrected chi connectivity index (χ4v) is 3.73. The van der Waals surface area contributed by atoms with Crippen LogP contribution in [0.4, 0.5) is 0 Å². The molecule has 1 unspecified atom stereocenters. The van der Waals surface area contributed by atoms with Crippen LogP contribution in [0, 0.1) is 0 Å². The second-order valence-corrected chi connectivity index (χ2v) is 6.33. The lowest BCUT2D eigenvalue weighted by atomic mass is 9.82. The Morgan fingerprint density at radius 1 is 1.30 bits per heavy atom. The molecule has 0 bridgehead atoms. The van der Waals surface area contributed by atoms with Crippen LogP contribution in [0.3, 0.4) is 0 Å². The highest BCUT2D eigenvalue weighted by Gasteiger charge is 2.40. The molecule has 110 valence electrons.